The number of anilines is 1. The van der Waals surface area contributed by atoms with E-state index in [4.69, 9.17) is 5.26 Å². The molecular weight excluding hydrogens is 256 g/mol. The van der Waals surface area contributed by atoms with Gasteiger partial charge in [-0.2, -0.15) is 5.26 Å². The topological polar surface area (TPSA) is 35.8 Å². The van der Waals surface area contributed by atoms with Crippen molar-refractivity contribution in [1.82, 2.24) is 0 Å². The van der Waals surface area contributed by atoms with Crippen molar-refractivity contribution < 1.29 is 0 Å². The lowest BCUT2D eigenvalue weighted by atomic mass is 9.86. The van der Waals surface area contributed by atoms with Crippen LogP contribution in [0.2, 0.25) is 0 Å². The Morgan fingerprint density at radius 3 is 2.29 bits per heavy atom. The van der Waals surface area contributed by atoms with Gasteiger partial charge in [0.15, 0.2) is 0 Å². The Morgan fingerprint density at radius 2 is 1.71 bits per heavy atom. The maximum Gasteiger partial charge on any atom is 0.0766 e. The Bertz CT molecular complexity index is 661. The molecule has 0 aliphatic rings. The van der Waals surface area contributed by atoms with Crippen LogP contribution in [0.1, 0.15) is 36.1 Å². The van der Waals surface area contributed by atoms with Gasteiger partial charge in [-0.15, -0.1) is 0 Å². The van der Waals surface area contributed by atoms with Crippen LogP contribution < -0.4 is 5.32 Å². The van der Waals surface area contributed by atoms with Crippen LogP contribution in [-0.4, -0.2) is 0 Å². The molecule has 0 spiro atoms. The number of benzene rings is 2. The molecule has 0 amide bonds. The zero-order valence-corrected chi connectivity index (χ0v) is 13.2. The molecule has 0 saturated carbocycles. The number of hydrogen-bond acceptors (Lipinski definition) is 2. The highest BCUT2D eigenvalue weighted by Crippen LogP contribution is 2.24. The predicted octanol–water partition coefficient (Wildman–Crippen LogP) is 4.72. The minimum atomic E-state index is -0.438. The van der Waals surface area contributed by atoms with Gasteiger partial charge in [-0.1, -0.05) is 35.9 Å². The summed E-state index contributed by atoms with van der Waals surface area (Å²) in [4.78, 5) is 0. The minimum Gasteiger partial charge on any atom is -0.381 e. The first kappa shape index (κ1) is 15.1. The first-order valence-electron chi connectivity index (χ1n) is 7.24. The molecule has 0 fully saturated rings. The molecule has 108 valence electrons. The summed E-state index contributed by atoms with van der Waals surface area (Å²) in [6.45, 7) is 8.94. The largest absolute Gasteiger partial charge is 0.381 e. The number of nitrogens with one attached hydrogen (secondary N) is 1. The van der Waals surface area contributed by atoms with Gasteiger partial charge in [-0.05, 0) is 56.5 Å². The van der Waals surface area contributed by atoms with Crippen molar-refractivity contribution in [2.45, 2.75) is 39.7 Å². The molecule has 0 radical (unpaired) electrons. The number of hydrogen-bond donors (Lipinski definition) is 1. The van der Waals surface area contributed by atoms with E-state index in [1.54, 1.807) is 0 Å². The van der Waals surface area contributed by atoms with Gasteiger partial charge in [0.05, 0.1) is 11.5 Å². The normalized spacial score (nSPS) is 11.0. The van der Waals surface area contributed by atoms with Crippen molar-refractivity contribution in [3.63, 3.8) is 0 Å². The molecule has 2 heteroatoms. The molecule has 0 bridgehead atoms. The van der Waals surface area contributed by atoms with Crippen molar-refractivity contribution >= 4 is 5.69 Å². The second kappa shape index (κ2) is 6.01. The Balaban J connectivity index is 2.06. The molecule has 2 rings (SSSR count). The Labute approximate surface area is 127 Å². The summed E-state index contributed by atoms with van der Waals surface area (Å²) in [5.74, 6) is 0. The molecule has 0 heterocycles. The van der Waals surface area contributed by atoms with E-state index < -0.39 is 5.41 Å². The highest BCUT2D eigenvalue weighted by molar-refractivity contribution is 5.48. The molecule has 0 aromatic heterocycles. The molecule has 21 heavy (non-hydrogen) atoms. The third-order valence-electron chi connectivity index (χ3n) is 3.87. The van der Waals surface area contributed by atoms with Crippen molar-refractivity contribution in [3.05, 3.63) is 64.7 Å². The van der Waals surface area contributed by atoms with Crippen LogP contribution in [0.4, 0.5) is 5.69 Å². The van der Waals surface area contributed by atoms with Crippen LogP contribution >= 0.6 is 0 Å². The van der Waals surface area contributed by atoms with Crippen LogP contribution in [0.3, 0.4) is 0 Å². The minimum absolute atomic E-state index is 0.438. The molecular formula is C19H22N2. The fourth-order valence-corrected chi connectivity index (χ4v) is 2.31. The summed E-state index contributed by atoms with van der Waals surface area (Å²) in [7, 11) is 0. The summed E-state index contributed by atoms with van der Waals surface area (Å²) in [6, 6.07) is 17.0. The van der Waals surface area contributed by atoms with Gasteiger partial charge in [-0.3, -0.25) is 0 Å². The van der Waals surface area contributed by atoms with E-state index in [2.05, 4.69) is 43.4 Å². The Hall–Kier alpha value is -2.27. The van der Waals surface area contributed by atoms with Crippen molar-refractivity contribution in [2.75, 3.05) is 5.32 Å². The predicted molar refractivity (Wildman–Crippen MR) is 88.3 cm³/mol. The monoisotopic (exact) mass is 278 g/mol. The van der Waals surface area contributed by atoms with Crippen LogP contribution in [-0.2, 0) is 12.0 Å². The van der Waals surface area contributed by atoms with E-state index in [0.29, 0.717) is 0 Å². The van der Waals surface area contributed by atoms with Gasteiger partial charge in [0, 0.05) is 12.2 Å². The maximum absolute atomic E-state index is 9.16. The van der Waals surface area contributed by atoms with E-state index in [-0.39, 0.29) is 0 Å². The third kappa shape index (κ3) is 3.64. The highest BCUT2D eigenvalue weighted by atomic mass is 14.9. The fourth-order valence-electron chi connectivity index (χ4n) is 2.31. The van der Waals surface area contributed by atoms with Gasteiger partial charge in [0.2, 0.25) is 0 Å². The zero-order valence-electron chi connectivity index (χ0n) is 13.2. The van der Waals surface area contributed by atoms with Crippen molar-refractivity contribution in [2.24, 2.45) is 0 Å². The highest BCUT2D eigenvalue weighted by Gasteiger charge is 2.18. The summed E-state index contributed by atoms with van der Waals surface area (Å²) >= 11 is 0. The second-order valence-electron chi connectivity index (χ2n) is 6.10. The van der Waals surface area contributed by atoms with Gasteiger partial charge in [0.1, 0.15) is 0 Å². The maximum atomic E-state index is 9.16. The number of aryl methyl sites for hydroxylation is 2. The van der Waals surface area contributed by atoms with E-state index in [0.717, 1.165) is 17.8 Å². The zero-order chi connectivity index (χ0) is 15.5. The van der Waals surface area contributed by atoms with Gasteiger partial charge in [0.25, 0.3) is 0 Å². The second-order valence-corrected chi connectivity index (χ2v) is 6.10. The van der Waals surface area contributed by atoms with Crippen LogP contribution in [0.25, 0.3) is 0 Å². The SMILES string of the molecule is Cc1ccc(CNc2ccc(C(C)(C)C#N)cc2)c(C)c1. The lowest BCUT2D eigenvalue weighted by Crippen LogP contribution is -2.13. The Kier molecular flexibility index (Phi) is 4.33. The van der Waals surface area contributed by atoms with Crippen molar-refractivity contribution in [1.29, 1.82) is 5.26 Å². The standard InChI is InChI=1S/C19H22N2/c1-14-5-6-16(15(2)11-14)12-21-18-9-7-17(8-10-18)19(3,4)13-20/h5-11,21H,12H2,1-4H3. The van der Waals surface area contributed by atoms with E-state index in [1.807, 2.05) is 38.1 Å². The van der Waals surface area contributed by atoms with Gasteiger partial charge >= 0.3 is 0 Å². The molecule has 1 N–H and O–H groups in total. The smallest absolute Gasteiger partial charge is 0.0766 e. The summed E-state index contributed by atoms with van der Waals surface area (Å²) in [6.07, 6.45) is 0. The molecule has 0 saturated heterocycles. The molecule has 0 unspecified atom stereocenters. The number of rotatable bonds is 4. The Morgan fingerprint density at radius 1 is 1.05 bits per heavy atom. The van der Waals surface area contributed by atoms with E-state index in [1.165, 1.54) is 16.7 Å². The van der Waals surface area contributed by atoms with Crippen LogP contribution in [0.5, 0.6) is 0 Å². The summed E-state index contributed by atoms with van der Waals surface area (Å²) < 4.78 is 0. The summed E-state index contributed by atoms with van der Waals surface area (Å²) in [5.41, 5.74) is 5.59. The van der Waals surface area contributed by atoms with Crippen LogP contribution in [0, 0.1) is 25.2 Å². The molecule has 0 atom stereocenters. The first-order valence-corrected chi connectivity index (χ1v) is 7.24. The van der Waals surface area contributed by atoms with E-state index >= 15 is 0 Å². The number of nitriles is 1. The van der Waals surface area contributed by atoms with Crippen LogP contribution in [0.15, 0.2) is 42.5 Å². The lowest BCUT2D eigenvalue weighted by molar-refractivity contribution is 0.687. The first-order chi connectivity index (χ1) is 9.92. The molecule has 2 aromatic carbocycles. The fraction of sp³-hybridized carbons (Fsp3) is 0.316. The molecule has 0 aliphatic heterocycles. The molecule has 0 aliphatic carbocycles. The average Bonchev–Trinajstić information content (AvgIpc) is 2.47. The molecule has 2 nitrogen and oxygen atoms in total. The third-order valence-corrected chi connectivity index (χ3v) is 3.87. The summed E-state index contributed by atoms with van der Waals surface area (Å²) in [5, 5.41) is 12.6. The van der Waals surface area contributed by atoms with E-state index in [9.17, 15) is 0 Å². The number of nitrogens with zero attached hydrogens (tertiary/aromatic N) is 1. The average molecular weight is 278 g/mol. The quantitative estimate of drug-likeness (QED) is 0.878. The van der Waals surface area contributed by atoms with Gasteiger partial charge in [-0.25, -0.2) is 0 Å². The molecule has 2 aromatic rings. The van der Waals surface area contributed by atoms with Gasteiger partial charge < -0.3 is 5.32 Å². The lowest BCUT2D eigenvalue weighted by Gasteiger charge is -2.16. The van der Waals surface area contributed by atoms with Crippen molar-refractivity contribution in [3.8, 4) is 6.07 Å².